The number of benzene rings is 1. The molecule has 0 N–H and O–H groups in total. The van der Waals surface area contributed by atoms with Crippen molar-refractivity contribution < 1.29 is 4.79 Å². The lowest BCUT2D eigenvalue weighted by molar-refractivity contribution is 0.0730. The average molecular weight is 289 g/mol. The Hall–Kier alpha value is -1.87. The zero-order valence-electron chi connectivity index (χ0n) is 11.6. The summed E-state index contributed by atoms with van der Waals surface area (Å²) < 4.78 is 0. The zero-order valence-corrected chi connectivity index (χ0v) is 12.4. The highest BCUT2D eigenvalue weighted by molar-refractivity contribution is 6.34. The van der Waals surface area contributed by atoms with Gasteiger partial charge in [-0.15, -0.1) is 6.58 Å². The second kappa shape index (κ2) is 6.06. The molecule has 2 rings (SSSR count). The Kier molecular flexibility index (Phi) is 4.40. The fourth-order valence-corrected chi connectivity index (χ4v) is 2.36. The normalized spacial score (nSPS) is 10.8. The molecular formula is C16H17ClN2O. The van der Waals surface area contributed by atoms with Gasteiger partial charge in [0.15, 0.2) is 0 Å². The van der Waals surface area contributed by atoms with Crippen molar-refractivity contribution >= 4 is 28.3 Å². The lowest BCUT2D eigenvalue weighted by Gasteiger charge is -2.25. The molecule has 3 nitrogen and oxygen atoms in total. The highest BCUT2D eigenvalue weighted by Crippen LogP contribution is 2.25. The van der Waals surface area contributed by atoms with Gasteiger partial charge in [-0.1, -0.05) is 41.9 Å². The molecule has 0 spiro atoms. The lowest BCUT2D eigenvalue weighted by atomic mass is 10.1. The molecule has 20 heavy (non-hydrogen) atoms. The number of amides is 1. The number of pyridine rings is 1. The monoisotopic (exact) mass is 288 g/mol. The van der Waals surface area contributed by atoms with Gasteiger partial charge in [0.05, 0.1) is 5.56 Å². The summed E-state index contributed by atoms with van der Waals surface area (Å²) in [6.45, 7) is 8.17. The first-order valence-corrected chi connectivity index (χ1v) is 6.89. The summed E-state index contributed by atoms with van der Waals surface area (Å²) in [5.74, 6) is -0.0553. The molecule has 1 aromatic heterocycles. The number of carbonyl (C=O) groups is 1. The van der Waals surface area contributed by atoms with E-state index < -0.39 is 0 Å². The molecule has 0 saturated heterocycles. The van der Waals surface area contributed by atoms with Crippen LogP contribution in [-0.2, 0) is 0 Å². The largest absolute Gasteiger partial charge is 0.332 e. The van der Waals surface area contributed by atoms with Gasteiger partial charge in [0.25, 0.3) is 5.91 Å². The van der Waals surface area contributed by atoms with Gasteiger partial charge in [0.1, 0.15) is 5.15 Å². The van der Waals surface area contributed by atoms with E-state index in [-0.39, 0.29) is 11.9 Å². The number of aromatic nitrogens is 1. The number of hydrogen-bond acceptors (Lipinski definition) is 2. The van der Waals surface area contributed by atoms with Crippen LogP contribution in [0.3, 0.4) is 0 Å². The van der Waals surface area contributed by atoms with E-state index in [2.05, 4.69) is 11.6 Å². The first kappa shape index (κ1) is 14.5. The molecule has 0 aliphatic rings. The van der Waals surface area contributed by atoms with Crippen LogP contribution < -0.4 is 0 Å². The smallest absolute Gasteiger partial charge is 0.256 e. The molecule has 4 heteroatoms. The van der Waals surface area contributed by atoms with Gasteiger partial charge in [0, 0.05) is 24.2 Å². The summed E-state index contributed by atoms with van der Waals surface area (Å²) in [5.41, 5.74) is 0.570. The summed E-state index contributed by atoms with van der Waals surface area (Å²) in [6.07, 6.45) is 3.27. The van der Waals surface area contributed by atoms with E-state index in [9.17, 15) is 4.79 Å². The summed E-state index contributed by atoms with van der Waals surface area (Å²) in [5, 5.41) is 2.03. The molecule has 0 radical (unpaired) electrons. The SMILES string of the molecule is C=CCN(C(=O)c1cnc(Cl)c2ccccc12)C(C)C. The van der Waals surface area contributed by atoms with E-state index in [1.807, 2.05) is 38.1 Å². The predicted molar refractivity (Wildman–Crippen MR) is 83.1 cm³/mol. The second-order valence-electron chi connectivity index (χ2n) is 4.85. The Bertz CT molecular complexity index is 652. The fraction of sp³-hybridized carbons (Fsp3) is 0.250. The van der Waals surface area contributed by atoms with Crippen LogP contribution in [0.5, 0.6) is 0 Å². The maximum absolute atomic E-state index is 12.7. The molecule has 1 aromatic carbocycles. The molecule has 0 aliphatic heterocycles. The van der Waals surface area contributed by atoms with Crippen molar-refractivity contribution in [2.24, 2.45) is 0 Å². The first-order valence-electron chi connectivity index (χ1n) is 6.51. The molecule has 1 amide bonds. The van der Waals surface area contributed by atoms with Crippen LogP contribution in [0.4, 0.5) is 0 Å². The minimum absolute atomic E-state index is 0.0553. The third-order valence-corrected chi connectivity index (χ3v) is 3.49. The van der Waals surface area contributed by atoms with Gasteiger partial charge >= 0.3 is 0 Å². The number of rotatable bonds is 4. The molecule has 0 aliphatic carbocycles. The minimum Gasteiger partial charge on any atom is -0.332 e. The van der Waals surface area contributed by atoms with Gasteiger partial charge < -0.3 is 4.90 Å². The number of hydrogen-bond donors (Lipinski definition) is 0. The van der Waals surface area contributed by atoms with Gasteiger partial charge in [0.2, 0.25) is 0 Å². The molecule has 0 saturated carbocycles. The van der Waals surface area contributed by atoms with E-state index in [0.717, 1.165) is 10.8 Å². The summed E-state index contributed by atoms with van der Waals surface area (Å²) >= 11 is 6.08. The van der Waals surface area contributed by atoms with Crippen LogP contribution in [0.15, 0.2) is 43.1 Å². The maximum Gasteiger partial charge on any atom is 0.256 e. The maximum atomic E-state index is 12.7. The molecule has 0 bridgehead atoms. The van der Waals surface area contributed by atoms with Crippen molar-refractivity contribution in [1.82, 2.24) is 9.88 Å². The quantitative estimate of drug-likeness (QED) is 0.631. The number of nitrogens with zero attached hydrogens (tertiary/aromatic N) is 2. The number of fused-ring (bicyclic) bond motifs is 1. The van der Waals surface area contributed by atoms with Crippen LogP contribution in [0.1, 0.15) is 24.2 Å². The van der Waals surface area contributed by atoms with Crippen molar-refractivity contribution in [3.8, 4) is 0 Å². The van der Waals surface area contributed by atoms with E-state index >= 15 is 0 Å². The minimum atomic E-state index is -0.0553. The van der Waals surface area contributed by atoms with Crippen LogP contribution in [-0.4, -0.2) is 28.4 Å². The van der Waals surface area contributed by atoms with E-state index in [0.29, 0.717) is 17.3 Å². The van der Waals surface area contributed by atoms with Crippen molar-refractivity contribution in [2.75, 3.05) is 6.54 Å². The third kappa shape index (κ3) is 2.68. The summed E-state index contributed by atoms with van der Waals surface area (Å²) in [7, 11) is 0. The highest BCUT2D eigenvalue weighted by Gasteiger charge is 2.20. The Morgan fingerprint density at radius 2 is 2.05 bits per heavy atom. The lowest BCUT2D eigenvalue weighted by Crippen LogP contribution is -2.37. The third-order valence-electron chi connectivity index (χ3n) is 3.19. The van der Waals surface area contributed by atoms with Gasteiger partial charge in [-0.3, -0.25) is 4.79 Å². The van der Waals surface area contributed by atoms with Crippen molar-refractivity contribution in [3.05, 3.63) is 53.8 Å². The predicted octanol–water partition coefficient (Wildman–Crippen LogP) is 3.92. The first-order chi connectivity index (χ1) is 9.56. The van der Waals surface area contributed by atoms with Gasteiger partial charge in [-0.25, -0.2) is 4.98 Å². The van der Waals surface area contributed by atoms with E-state index in [4.69, 9.17) is 11.6 Å². The topological polar surface area (TPSA) is 33.2 Å². The standard InChI is InChI=1S/C16H17ClN2O/c1-4-9-19(11(2)3)16(20)14-10-18-15(17)13-8-6-5-7-12(13)14/h4-8,10-11H,1,9H2,2-3H3. The molecule has 0 atom stereocenters. The summed E-state index contributed by atoms with van der Waals surface area (Å²) in [4.78, 5) is 18.6. The van der Waals surface area contributed by atoms with Crippen molar-refractivity contribution in [1.29, 1.82) is 0 Å². The van der Waals surface area contributed by atoms with Crippen LogP contribution >= 0.6 is 11.6 Å². The molecule has 0 unspecified atom stereocenters. The molecule has 2 aromatic rings. The molecule has 1 heterocycles. The zero-order chi connectivity index (χ0) is 14.7. The van der Waals surface area contributed by atoms with E-state index in [1.165, 1.54) is 0 Å². The Labute approximate surface area is 123 Å². The Balaban J connectivity index is 2.55. The second-order valence-corrected chi connectivity index (χ2v) is 5.21. The van der Waals surface area contributed by atoms with E-state index in [1.54, 1.807) is 17.2 Å². The Morgan fingerprint density at radius 3 is 2.65 bits per heavy atom. The van der Waals surface area contributed by atoms with Gasteiger partial charge in [-0.05, 0) is 19.2 Å². The van der Waals surface area contributed by atoms with Crippen LogP contribution in [0.25, 0.3) is 10.8 Å². The number of carbonyl (C=O) groups excluding carboxylic acids is 1. The highest BCUT2D eigenvalue weighted by atomic mass is 35.5. The number of halogens is 1. The molecular weight excluding hydrogens is 272 g/mol. The van der Waals surface area contributed by atoms with Gasteiger partial charge in [-0.2, -0.15) is 0 Å². The van der Waals surface area contributed by atoms with Crippen LogP contribution in [0.2, 0.25) is 5.15 Å². The summed E-state index contributed by atoms with van der Waals surface area (Å²) in [6, 6.07) is 7.63. The average Bonchev–Trinajstić information content (AvgIpc) is 2.44. The Morgan fingerprint density at radius 1 is 1.40 bits per heavy atom. The van der Waals surface area contributed by atoms with Crippen molar-refractivity contribution in [2.45, 2.75) is 19.9 Å². The molecule has 104 valence electrons. The van der Waals surface area contributed by atoms with Crippen molar-refractivity contribution in [3.63, 3.8) is 0 Å². The molecule has 0 fully saturated rings. The van der Waals surface area contributed by atoms with Crippen LogP contribution in [0, 0.1) is 0 Å². The fourth-order valence-electron chi connectivity index (χ4n) is 2.15.